The second-order valence-corrected chi connectivity index (χ2v) is 14.5. The number of carbonyl (C=O) groups excluding carboxylic acids is 1. The van der Waals surface area contributed by atoms with Crippen LogP contribution in [-0.2, 0) is 14.8 Å². The number of benzene rings is 3. The van der Waals surface area contributed by atoms with Crippen molar-refractivity contribution in [1.29, 1.82) is 0 Å². The fourth-order valence-electron chi connectivity index (χ4n) is 6.45. The van der Waals surface area contributed by atoms with Crippen LogP contribution in [0.2, 0.25) is 0 Å². The van der Waals surface area contributed by atoms with Crippen LogP contribution in [-0.4, -0.2) is 77.0 Å². The van der Waals surface area contributed by atoms with Crippen molar-refractivity contribution in [1.82, 2.24) is 23.3 Å². The highest BCUT2D eigenvalue weighted by molar-refractivity contribution is 7.90. The predicted molar refractivity (Wildman–Crippen MR) is 192 cm³/mol. The van der Waals surface area contributed by atoms with E-state index in [-0.39, 0.29) is 37.9 Å². The van der Waals surface area contributed by atoms with Gasteiger partial charge in [0.15, 0.2) is 0 Å². The lowest BCUT2D eigenvalue weighted by molar-refractivity contribution is -0.139. The Kier molecular flexibility index (Phi) is 8.94. The Balaban J connectivity index is 1.15. The summed E-state index contributed by atoms with van der Waals surface area (Å²) in [6, 6.07) is 23.9. The molecule has 0 aliphatic carbocycles. The van der Waals surface area contributed by atoms with Crippen LogP contribution in [0, 0.1) is 6.92 Å². The van der Waals surface area contributed by atoms with E-state index in [0.717, 1.165) is 38.9 Å². The second-order valence-electron chi connectivity index (χ2n) is 12.7. The maximum atomic E-state index is 14.2. The summed E-state index contributed by atoms with van der Waals surface area (Å²) in [5.41, 5.74) is 2.40. The molecule has 0 saturated carbocycles. The topological polar surface area (TPSA) is 107 Å². The SMILES string of the molecule is Cc1ccc(S(=O)(=O)n2ccc3c(-c4ccc5nc(-c6ccc(OCCN7CCN(C)C(=O)[C@H]7C)cc6)ccc5c4)cn(C(F)F)c(=O)c32)cc1. The Labute approximate surface area is 293 Å². The largest absolute Gasteiger partial charge is 0.492 e. The number of nitrogens with zero attached hydrogens (tertiary/aromatic N) is 5. The summed E-state index contributed by atoms with van der Waals surface area (Å²) in [7, 11) is -2.44. The Morgan fingerprint density at radius 1 is 0.922 bits per heavy atom. The minimum atomic E-state index is -4.26. The number of aryl methyl sites for hydroxylation is 1. The van der Waals surface area contributed by atoms with Crippen LogP contribution in [0.25, 0.3) is 44.2 Å². The van der Waals surface area contributed by atoms with Gasteiger partial charge < -0.3 is 9.64 Å². The van der Waals surface area contributed by atoms with E-state index < -0.39 is 22.1 Å². The zero-order valence-electron chi connectivity index (χ0n) is 28.2. The molecule has 1 aliphatic rings. The maximum Gasteiger partial charge on any atom is 0.321 e. The first-order valence-electron chi connectivity index (χ1n) is 16.4. The van der Waals surface area contributed by atoms with Crippen LogP contribution in [0.4, 0.5) is 8.78 Å². The number of rotatable bonds is 9. The van der Waals surface area contributed by atoms with E-state index in [1.54, 1.807) is 35.2 Å². The number of hydrogen-bond acceptors (Lipinski definition) is 7. The van der Waals surface area contributed by atoms with Crippen LogP contribution in [0.1, 0.15) is 19.0 Å². The smallest absolute Gasteiger partial charge is 0.321 e. The third-order valence-electron chi connectivity index (χ3n) is 9.44. The van der Waals surface area contributed by atoms with Gasteiger partial charge in [0.2, 0.25) is 5.91 Å². The highest BCUT2D eigenvalue weighted by atomic mass is 32.2. The van der Waals surface area contributed by atoms with Crippen LogP contribution in [0.5, 0.6) is 5.75 Å². The van der Waals surface area contributed by atoms with Crippen LogP contribution < -0.4 is 10.3 Å². The number of piperazine rings is 1. The molecule has 10 nitrogen and oxygen atoms in total. The van der Waals surface area contributed by atoms with Gasteiger partial charge in [0.1, 0.15) is 17.9 Å². The molecule has 1 atom stereocenters. The number of ether oxygens (including phenoxy) is 1. The number of hydrogen-bond donors (Lipinski definition) is 0. The van der Waals surface area contributed by atoms with E-state index in [2.05, 4.69) is 4.90 Å². The Bertz CT molecular complexity index is 2440. The average molecular weight is 712 g/mol. The van der Waals surface area contributed by atoms with E-state index in [1.807, 2.05) is 57.3 Å². The predicted octanol–water partition coefficient (Wildman–Crippen LogP) is 6.17. The van der Waals surface area contributed by atoms with Crippen molar-refractivity contribution in [2.24, 2.45) is 0 Å². The summed E-state index contributed by atoms with van der Waals surface area (Å²) in [5.74, 6) is 0.816. The number of fused-ring (bicyclic) bond motifs is 2. The lowest BCUT2D eigenvalue weighted by Gasteiger charge is -2.37. The van der Waals surface area contributed by atoms with Crippen molar-refractivity contribution in [3.8, 4) is 28.1 Å². The third kappa shape index (κ3) is 6.38. The van der Waals surface area contributed by atoms with E-state index in [1.165, 1.54) is 24.4 Å². The van der Waals surface area contributed by atoms with Crippen molar-refractivity contribution < 1.29 is 26.7 Å². The molecule has 13 heteroatoms. The van der Waals surface area contributed by atoms with Gasteiger partial charge >= 0.3 is 6.55 Å². The summed E-state index contributed by atoms with van der Waals surface area (Å²) in [6.45, 7) is 3.13. The summed E-state index contributed by atoms with van der Waals surface area (Å²) < 4.78 is 62.5. The molecule has 0 N–H and O–H groups in total. The van der Waals surface area contributed by atoms with Gasteiger partial charge in [-0.1, -0.05) is 29.8 Å². The molecular weight excluding hydrogens is 677 g/mol. The van der Waals surface area contributed by atoms with E-state index in [0.29, 0.717) is 36.5 Å². The van der Waals surface area contributed by atoms with Gasteiger partial charge in [-0.2, -0.15) is 8.78 Å². The number of pyridine rings is 2. The molecule has 4 heterocycles. The number of halogens is 2. The van der Waals surface area contributed by atoms with Crippen molar-refractivity contribution in [3.63, 3.8) is 0 Å². The van der Waals surface area contributed by atoms with Crippen LogP contribution in [0.15, 0.2) is 107 Å². The second kappa shape index (κ2) is 13.4. The third-order valence-corrected chi connectivity index (χ3v) is 11.1. The van der Waals surface area contributed by atoms with Gasteiger partial charge in [-0.3, -0.25) is 19.1 Å². The molecule has 262 valence electrons. The molecule has 3 aromatic heterocycles. The zero-order chi connectivity index (χ0) is 36.0. The summed E-state index contributed by atoms with van der Waals surface area (Å²) in [4.78, 5) is 34.2. The van der Waals surface area contributed by atoms with Gasteiger partial charge in [0.25, 0.3) is 15.6 Å². The van der Waals surface area contributed by atoms with Gasteiger partial charge in [-0.25, -0.2) is 17.4 Å². The molecular formula is C38H35F2N5O5S. The number of aromatic nitrogens is 3. The summed E-state index contributed by atoms with van der Waals surface area (Å²) >= 11 is 0. The molecule has 1 aliphatic heterocycles. The number of likely N-dealkylation sites (N-methyl/N-ethyl adjacent to an activating group) is 1. The summed E-state index contributed by atoms with van der Waals surface area (Å²) in [5, 5.41) is 0.952. The minimum Gasteiger partial charge on any atom is -0.492 e. The number of carbonyl (C=O) groups is 1. The maximum absolute atomic E-state index is 14.2. The van der Waals surface area contributed by atoms with Crippen molar-refractivity contribution in [2.45, 2.75) is 31.3 Å². The zero-order valence-corrected chi connectivity index (χ0v) is 29.0. The van der Waals surface area contributed by atoms with Crippen molar-refractivity contribution in [2.75, 3.05) is 33.3 Å². The molecule has 0 bridgehead atoms. The molecule has 1 saturated heterocycles. The molecule has 6 aromatic rings. The number of amides is 1. The average Bonchev–Trinajstić information content (AvgIpc) is 3.59. The molecule has 3 aromatic carbocycles. The van der Waals surface area contributed by atoms with Crippen LogP contribution >= 0.6 is 0 Å². The van der Waals surface area contributed by atoms with Gasteiger partial charge in [-0.05, 0) is 80.1 Å². The fraction of sp³-hybridized carbons (Fsp3) is 0.237. The van der Waals surface area contributed by atoms with Crippen LogP contribution in [0.3, 0.4) is 0 Å². The molecule has 0 radical (unpaired) electrons. The fourth-order valence-corrected chi connectivity index (χ4v) is 7.79. The van der Waals surface area contributed by atoms with E-state index in [9.17, 15) is 26.8 Å². The summed E-state index contributed by atoms with van der Waals surface area (Å²) in [6.07, 6.45) is 2.29. The Hall–Kier alpha value is -5.40. The van der Waals surface area contributed by atoms with Crippen molar-refractivity contribution in [3.05, 3.63) is 113 Å². The first-order chi connectivity index (χ1) is 24.4. The van der Waals surface area contributed by atoms with Gasteiger partial charge in [0.05, 0.1) is 22.1 Å². The van der Waals surface area contributed by atoms with E-state index >= 15 is 0 Å². The molecule has 1 amide bonds. The molecule has 51 heavy (non-hydrogen) atoms. The molecule has 7 rings (SSSR count). The van der Waals surface area contributed by atoms with Gasteiger partial charge in [-0.15, -0.1) is 0 Å². The van der Waals surface area contributed by atoms with Crippen molar-refractivity contribution >= 4 is 37.7 Å². The van der Waals surface area contributed by atoms with E-state index in [4.69, 9.17) is 9.72 Å². The molecule has 1 fully saturated rings. The highest BCUT2D eigenvalue weighted by Gasteiger charge is 2.29. The normalized spacial score (nSPS) is 15.7. The molecule has 0 spiro atoms. The monoisotopic (exact) mass is 711 g/mol. The standard InChI is InChI=1S/C38H35F2N5O5S/c1-24-4-12-30(13-5-24)51(48,49)45-17-16-31-32(23-44(38(39)40)37(47)35(31)45)27-8-14-34-28(22-27)9-15-33(41-34)26-6-10-29(11-7-26)50-21-20-43-19-18-42(3)36(46)25(43)2/h4-17,22-23,25,38H,18-21H2,1-3H3/t25-/m1/s1. The lowest BCUT2D eigenvalue weighted by atomic mass is 10.0. The lowest BCUT2D eigenvalue weighted by Crippen LogP contribution is -2.55. The quantitative estimate of drug-likeness (QED) is 0.177. The number of alkyl halides is 2. The minimum absolute atomic E-state index is 0.0663. The Morgan fingerprint density at radius 2 is 1.65 bits per heavy atom. The van der Waals surface area contributed by atoms with Gasteiger partial charge in [0, 0.05) is 61.0 Å². The first-order valence-corrected chi connectivity index (χ1v) is 17.9. The Morgan fingerprint density at radius 3 is 2.37 bits per heavy atom. The first kappa shape index (κ1) is 34.1. The highest BCUT2D eigenvalue weighted by Crippen LogP contribution is 2.33. The molecule has 0 unspecified atom stereocenters.